The second-order valence-corrected chi connectivity index (χ2v) is 9.20. The lowest BCUT2D eigenvalue weighted by atomic mass is 10.2. The Kier molecular flexibility index (Phi) is 8.10. The molecule has 0 aliphatic rings. The number of hydrogen-bond acceptors (Lipinski definition) is 7. The second kappa shape index (κ2) is 11.4. The lowest BCUT2D eigenvalue weighted by Gasteiger charge is -2.13. The van der Waals surface area contributed by atoms with E-state index in [1.165, 1.54) is 18.0 Å². The molecule has 3 aromatic carbocycles. The van der Waals surface area contributed by atoms with Crippen LogP contribution in [0.25, 0.3) is 11.1 Å². The number of benzene rings is 3. The van der Waals surface area contributed by atoms with Gasteiger partial charge in [-0.05, 0) is 63.5 Å². The first-order valence-electron chi connectivity index (χ1n) is 10.1. The number of fused-ring (bicyclic) bond motifs is 1. The smallest absolute Gasteiger partial charge is 0.257 e. The van der Waals surface area contributed by atoms with Crippen LogP contribution in [0, 0.1) is 0 Å². The van der Waals surface area contributed by atoms with Crippen molar-refractivity contribution in [2.24, 2.45) is 5.10 Å². The molecule has 0 saturated heterocycles. The Labute approximate surface area is 213 Å². The average molecular weight is 561 g/mol. The molecule has 7 nitrogen and oxygen atoms in total. The molecular weight excluding hydrogens is 542 g/mol. The number of halogens is 2. The number of oxazole rings is 1. The summed E-state index contributed by atoms with van der Waals surface area (Å²) < 4.78 is 17.7. The van der Waals surface area contributed by atoms with E-state index in [1.807, 2.05) is 54.6 Å². The van der Waals surface area contributed by atoms with Crippen LogP contribution in [0.4, 0.5) is 0 Å². The molecule has 0 aliphatic heterocycles. The highest BCUT2D eigenvalue weighted by atomic mass is 79.9. The van der Waals surface area contributed by atoms with Gasteiger partial charge in [0.15, 0.2) is 17.1 Å². The number of hydrazone groups is 1. The van der Waals surface area contributed by atoms with Crippen molar-refractivity contribution in [2.75, 3.05) is 12.9 Å². The number of para-hydroxylation sites is 2. The molecule has 1 heterocycles. The van der Waals surface area contributed by atoms with Gasteiger partial charge in [0, 0.05) is 5.02 Å². The molecule has 0 atom stereocenters. The van der Waals surface area contributed by atoms with Gasteiger partial charge in [0.2, 0.25) is 0 Å². The number of rotatable bonds is 9. The van der Waals surface area contributed by atoms with Gasteiger partial charge in [0.1, 0.15) is 12.1 Å². The van der Waals surface area contributed by atoms with Crippen LogP contribution < -0.4 is 14.9 Å². The summed E-state index contributed by atoms with van der Waals surface area (Å²) in [6.45, 7) is 0.355. The summed E-state index contributed by atoms with van der Waals surface area (Å²) in [4.78, 5) is 16.5. The van der Waals surface area contributed by atoms with E-state index < -0.39 is 0 Å². The Hall–Kier alpha value is -3.01. The molecule has 0 bridgehead atoms. The molecule has 0 spiro atoms. The fourth-order valence-corrected chi connectivity index (χ4v) is 4.27. The molecule has 1 aromatic heterocycles. The summed E-state index contributed by atoms with van der Waals surface area (Å²) in [5.74, 6) is 0.933. The lowest BCUT2D eigenvalue weighted by Crippen LogP contribution is -2.19. The van der Waals surface area contributed by atoms with Crippen molar-refractivity contribution < 1.29 is 18.7 Å². The Morgan fingerprint density at radius 3 is 2.79 bits per heavy atom. The summed E-state index contributed by atoms with van der Waals surface area (Å²) in [6, 6.07) is 18.4. The summed E-state index contributed by atoms with van der Waals surface area (Å²) in [6.07, 6.45) is 1.53. The first kappa shape index (κ1) is 24.1. The molecule has 4 rings (SSSR count). The summed E-state index contributed by atoms with van der Waals surface area (Å²) in [5, 5.41) is 5.13. The van der Waals surface area contributed by atoms with Gasteiger partial charge in [-0.1, -0.05) is 47.6 Å². The molecule has 0 aliphatic carbocycles. The summed E-state index contributed by atoms with van der Waals surface area (Å²) >= 11 is 10.6. The first-order valence-corrected chi connectivity index (χ1v) is 12.2. The van der Waals surface area contributed by atoms with Crippen LogP contribution in [0.2, 0.25) is 5.02 Å². The average Bonchev–Trinajstić information content (AvgIpc) is 3.26. The van der Waals surface area contributed by atoms with Crippen molar-refractivity contribution in [3.63, 3.8) is 0 Å². The van der Waals surface area contributed by atoms with Crippen LogP contribution in [-0.2, 0) is 11.4 Å². The van der Waals surface area contributed by atoms with E-state index in [-0.39, 0.29) is 11.7 Å². The highest BCUT2D eigenvalue weighted by Crippen LogP contribution is 2.37. The molecule has 0 saturated carbocycles. The number of aromatic nitrogens is 1. The molecular formula is C24H19BrClN3O4S. The maximum absolute atomic E-state index is 12.1. The van der Waals surface area contributed by atoms with Crippen LogP contribution in [0.15, 0.2) is 79.9 Å². The fourth-order valence-electron chi connectivity index (χ4n) is 2.94. The molecule has 34 heavy (non-hydrogen) atoms. The third-order valence-electron chi connectivity index (χ3n) is 4.55. The zero-order valence-corrected chi connectivity index (χ0v) is 21.1. The first-order chi connectivity index (χ1) is 16.5. The molecule has 1 amide bonds. The maximum atomic E-state index is 12.1. The maximum Gasteiger partial charge on any atom is 0.257 e. The van der Waals surface area contributed by atoms with Gasteiger partial charge in [-0.25, -0.2) is 10.4 Å². The third-order valence-corrected chi connectivity index (χ3v) is 6.22. The Balaban J connectivity index is 1.33. The van der Waals surface area contributed by atoms with E-state index in [9.17, 15) is 4.79 Å². The largest absolute Gasteiger partial charge is 0.493 e. The van der Waals surface area contributed by atoms with Crippen LogP contribution in [0.1, 0.15) is 11.1 Å². The highest BCUT2D eigenvalue weighted by molar-refractivity contribution is 9.10. The number of carbonyl (C=O) groups is 1. The number of hydrogen-bond donors (Lipinski definition) is 1. The fraction of sp³-hybridized carbons (Fsp3) is 0.125. The van der Waals surface area contributed by atoms with Crippen molar-refractivity contribution in [3.05, 3.63) is 81.3 Å². The van der Waals surface area contributed by atoms with Crippen molar-refractivity contribution in [1.29, 1.82) is 0 Å². The number of ether oxygens (including phenoxy) is 2. The van der Waals surface area contributed by atoms with Gasteiger partial charge in [-0.3, -0.25) is 4.79 Å². The van der Waals surface area contributed by atoms with E-state index in [4.69, 9.17) is 25.5 Å². The molecule has 0 fully saturated rings. The normalized spacial score (nSPS) is 11.1. The van der Waals surface area contributed by atoms with E-state index in [0.717, 1.165) is 16.6 Å². The van der Waals surface area contributed by atoms with Gasteiger partial charge in [0.25, 0.3) is 11.1 Å². The minimum absolute atomic E-state index is 0.120. The van der Waals surface area contributed by atoms with Crippen molar-refractivity contribution in [2.45, 2.75) is 11.8 Å². The summed E-state index contributed by atoms with van der Waals surface area (Å²) in [7, 11) is 1.56. The number of nitrogens with zero attached hydrogens (tertiary/aromatic N) is 2. The Morgan fingerprint density at radius 2 is 2.03 bits per heavy atom. The quantitative estimate of drug-likeness (QED) is 0.152. The van der Waals surface area contributed by atoms with Gasteiger partial charge in [0.05, 0.1) is 23.5 Å². The van der Waals surface area contributed by atoms with Crippen LogP contribution in [0.3, 0.4) is 0 Å². The van der Waals surface area contributed by atoms with E-state index in [1.54, 1.807) is 13.2 Å². The standard InChI is InChI=1S/C24H19BrClN3O4S/c1-31-21-11-16(10-18(25)23(21)32-13-15-6-8-17(26)9-7-15)12-27-29-22(30)14-34-24-28-19-4-2-3-5-20(19)33-24/h2-12H,13-14H2,1H3,(H,29,30)/b27-12+. The number of methoxy groups -OCH3 is 1. The number of thioether (sulfide) groups is 1. The third kappa shape index (κ3) is 6.31. The predicted octanol–water partition coefficient (Wildman–Crippen LogP) is 6.07. The van der Waals surface area contributed by atoms with Crippen molar-refractivity contribution in [3.8, 4) is 11.5 Å². The van der Waals surface area contributed by atoms with Crippen molar-refractivity contribution >= 4 is 62.5 Å². The highest BCUT2D eigenvalue weighted by Gasteiger charge is 2.12. The lowest BCUT2D eigenvalue weighted by molar-refractivity contribution is -0.118. The zero-order chi connectivity index (χ0) is 23.9. The topological polar surface area (TPSA) is 86.0 Å². The Bertz CT molecular complexity index is 1290. The Morgan fingerprint density at radius 1 is 1.24 bits per heavy atom. The SMILES string of the molecule is COc1cc(/C=N/NC(=O)CSc2nc3ccccc3o2)cc(Br)c1OCc1ccc(Cl)cc1. The molecule has 174 valence electrons. The van der Waals surface area contributed by atoms with Crippen LogP contribution in [0.5, 0.6) is 11.5 Å². The number of nitrogens with one attached hydrogen (secondary N) is 1. The minimum Gasteiger partial charge on any atom is -0.493 e. The molecule has 0 unspecified atom stereocenters. The summed E-state index contributed by atoms with van der Waals surface area (Å²) in [5.41, 5.74) is 5.63. The van der Waals surface area contributed by atoms with E-state index in [2.05, 4.69) is 31.4 Å². The van der Waals surface area contributed by atoms with E-state index in [0.29, 0.717) is 38.4 Å². The van der Waals surface area contributed by atoms with E-state index >= 15 is 0 Å². The number of carbonyl (C=O) groups excluding carboxylic acids is 1. The minimum atomic E-state index is -0.280. The molecule has 10 heteroatoms. The monoisotopic (exact) mass is 559 g/mol. The van der Waals surface area contributed by atoms with Crippen LogP contribution >= 0.6 is 39.3 Å². The van der Waals surface area contributed by atoms with Gasteiger partial charge >= 0.3 is 0 Å². The molecule has 4 aromatic rings. The zero-order valence-electron chi connectivity index (χ0n) is 18.0. The predicted molar refractivity (Wildman–Crippen MR) is 137 cm³/mol. The van der Waals surface area contributed by atoms with Gasteiger partial charge in [-0.2, -0.15) is 5.10 Å². The van der Waals surface area contributed by atoms with Gasteiger partial charge < -0.3 is 13.9 Å². The van der Waals surface area contributed by atoms with Crippen LogP contribution in [-0.4, -0.2) is 30.0 Å². The van der Waals surface area contributed by atoms with Gasteiger partial charge in [-0.15, -0.1) is 0 Å². The molecule has 1 N–H and O–H groups in total. The number of amides is 1. The van der Waals surface area contributed by atoms with Crippen molar-refractivity contribution in [1.82, 2.24) is 10.4 Å². The molecule has 0 radical (unpaired) electrons. The second-order valence-electron chi connectivity index (χ2n) is 6.98.